The van der Waals surface area contributed by atoms with Crippen LogP contribution in [0.1, 0.15) is 15.9 Å². The Kier molecular flexibility index (Phi) is 5.87. The molecule has 25 heavy (non-hydrogen) atoms. The highest BCUT2D eigenvalue weighted by Crippen LogP contribution is 2.27. The lowest BCUT2D eigenvalue weighted by molar-refractivity contribution is 0.100. The van der Waals surface area contributed by atoms with Crippen LogP contribution in [0.15, 0.2) is 42.5 Å². The highest BCUT2D eigenvalue weighted by molar-refractivity contribution is 7.92. The van der Waals surface area contributed by atoms with Crippen LogP contribution < -0.4 is 19.9 Å². The summed E-state index contributed by atoms with van der Waals surface area (Å²) in [6, 6.07) is 11.2. The maximum Gasteiger partial charge on any atom is 0.248 e. The smallest absolute Gasteiger partial charge is 0.248 e. The van der Waals surface area contributed by atoms with Crippen molar-refractivity contribution in [3.8, 4) is 11.5 Å². The molecule has 0 aliphatic rings. The highest BCUT2D eigenvalue weighted by Gasteiger charge is 2.13. The lowest BCUT2D eigenvalue weighted by Gasteiger charge is -2.11. The van der Waals surface area contributed by atoms with Gasteiger partial charge in [-0.15, -0.1) is 0 Å². The van der Waals surface area contributed by atoms with Gasteiger partial charge in [-0.25, -0.2) is 8.42 Å². The average Bonchev–Trinajstić information content (AvgIpc) is 2.59. The molecule has 0 aliphatic carbocycles. The number of amides is 1. The monoisotopic (exact) mass is 364 g/mol. The maximum absolute atomic E-state index is 12.2. The fourth-order valence-corrected chi connectivity index (χ4v) is 3.32. The number of hydrogen-bond acceptors (Lipinski definition) is 5. The largest absolute Gasteiger partial charge is 0.493 e. The SMILES string of the molecule is COc1ccc(CCS(=O)(=O)Nc2ccc(C(N)=O)cc2)cc1OC. The van der Waals surface area contributed by atoms with Crippen LogP contribution >= 0.6 is 0 Å². The quantitative estimate of drug-likeness (QED) is 0.742. The Morgan fingerprint density at radius 2 is 1.68 bits per heavy atom. The Morgan fingerprint density at radius 1 is 1.04 bits per heavy atom. The summed E-state index contributed by atoms with van der Waals surface area (Å²) in [5.41, 5.74) is 6.65. The molecule has 0 bridgehead atoms. The normalized spacial score (nSPS) is 11.0. The van der Waals surface area contributed by atoms with E-state index in [1.807, 2.05) is 0 Å². The summed E-state index contributed by atoms with van der Waals surface area (Å²) >= 11 is 0. The van der Waals surface area contributed by atoms with Gasteiger partial charge in [-0.1, -0.05) is 6.07 Å². The lowest BCUT2D eigenvalue weighted by atomic mass is 10.1. The van der Waals surface area contributed by atoms with Gasteiger partial charge in [0.05, 0.1) is 20.0 Å². The number of benzene rings is 2. The van der Waals surface area contributed by atoms with Gasteiger partial charge >= 0.3 is 0 Å². The molecule has 0 heterocycles. The van der Waals surface area contributed by atoms with Gasteiger partial charge in [0.1, 0.15) is 0 Å². The summed E-state index contributed by atoms with van der Waals surface area (Å²) in [7, 11) is -0.479. The van der Waals surface area contributed by atoms with E-state index in [0.29, 0.717) is 29.2 Å². The Labute approximate surface area is 146 Å². The summed E-state index contributed by atoms with van der Waals surface area (Å²) in [6.07, 6.45) is 0.315. The number of sulfonamides is 1. The average molecular weight is 364 g/mol. The van der Waals surface area contributed by atoms with E-state index >= 15 is 0 Å². The van der Waals surface area contributed by atoms with E-state index in [0.717, 1.165) is 5.56 Å². The zero-order chi connectivity index (χ0) is 18.4. The molecule has 1 amide bonds. The second-order valence-electron chi connectivity index (χ2n) is 5.30. The zero-order valence-corrected chi connectivity index (χ0v) is 14.8. The maximum atomic E-state index is 12.2. The van der Waals surface area contributed by atoms with Crippen LogP contribution in [0.3, 0.4) is 0 Å². The fourth-order valence-electron chi connectivity index (χ4n) is 2.22. The molecule has 0 saturated heterocycles. The fraction of sp³-hybridized carbons (Fsp3) is 0.235. The molecule has 0 unspecified atom stereocenters. The van der Waals surface area contributed by atoms with Gasteiger partial charge in [-0.05, 0) is 48.4 Å². The zero-order valence-electron chi connectivity index (χ0n) is 14.0. The number of ether oxygens (including phenoxy) is 2. The molecule has 3 N–H and O–H groups in total. The van der Waals surface area contributed by atoms with Crippen LogP contribution in [0.4, 0.5) is 5.69 Å². The summed E-state index contributed by atoms with van der Waals surface area (Å²) in [5, 5.41) is 0. The molecule has 0 aromatic heterocycles. The summed E-state index contributed by atoms with van der Waals surface area (Å²) < 4.78 is 37.3. The van der Waals surface area contributed by atoms with Gasteiger partial charge in [0.2, 0.25) is 15.9 Å². The molecule has 0 fully saturated rings. The molecule has 0 atom stereocenters. The molecule has 0 radical (unpaired) electrons. The summed E-state index contributed by atoms with van der Waals surface area (Å²) in [5.74, 6) is 0.470. The van der Waals surface area contributed by atoms with Crippen LogP contribution in [-0.2, 0) is 16.4 Å². The van der Waals surface area contributed by atoms with E-state index in [9.17, 15) is 13.2 Å². The van der Waals surface area contributed by atoms with Crippen molar-refractivity contribution >= 4 is 21.6 Å². The van der Waals surface area contributed by atoms with Gasteiger partial charge in [-0.2, -0.15) is 0 Å². The summed E-state index contributed by atoms with van der Waals surface area (Å²) in [6.45, 7) is 0. The van der Waals surface area contributed by atoms with Crippen molar-refractivity contribution in [3.63, 3.8) is 0 Å². The first-order chi connectivity index (χ1) is 11.8. The van der Waals surface area contributed by atoms with E-state index in [1.54, 1.807) is 18.2 Å². The van der Waals surface area contributed by atoms with E-state index < -0.39 is 15.9 Å². The third kappa shape index (κ3) is 5.12. The molecule has 134 valence electrons. The predicted octanol–water partition coefficient (Wildman–Crippen LogP) is 1.79. The topological polar surface area (TPSA) is 108 Å². The molecule has 8 heteroatoms. The number of anilines is 1. The van der Waals surface area contributed by atoms with Crippen molar-refractivity contribution in [1.82, 2.24) is 0 Å². The van der Waals surface area contributed by atoms with Crippen LogP contribution in [0, 0.1) is 0 Å². The van der Waals surface area contributed by atoms with Crippen LogP contribution in [0.2, 0.25) is 0 Å². The van der Waals surface area contributed by atoms with Crippen molar-refractivity contribution in [3.05, 3.63) is 53.6 Å². The van der Waals surface area contributed by atoms with E-state index in [-0.39, 0.29) is 5.75 Å². The summed E-state index contributed by atoms with van der Waals surface area (Å²) in [4.78, 5) is 11.0. The number of hydrogen-bond donors (Lipinski definition) is 2. The van der Waals surface area contributed by atoms with E-state index in [1.165, 1.54) is 38.5 Å². The second-order valence-corrected chi connectivity index (χ2v) is 7.14. The minimum Gasteiger partial charge on any atom is -0.493 e. The van der Waals surface area contributed by atoms with Crippen molar-refractivity contribution < 1.29 is 22.7 Å². The molecular formula is C17H20N2O5S. The van der Waals surface area contributed by atoms with Gasteiger partial charge in [0.25, 0.3) is 0 Å². The van der Waals surface area contributed by atoms with Crippen LogP contribution in [0.25, 0.3) is 0 Å². The molecule has 2 aromatic rings. The lowest BCUT2D eigenvalue weighted by Crippen LogP contribution is -2.18. The van der Waals surface area contributed by atoms with Gasteiger partial charge in [0, 0.05) is 11.3 Å². The highest BCUT2D eigenvalue weighted by atomic mass is 32.2. The van der Waals surface area contributed by atoms with E-state index in [4.69, 9.17) is 15.2 Å². The van der Waals surface area contributed by atoms with Crippen molar-refractivity contribution in [2.24, 2.45) is 5.73 Å². The second kappa shape index (κ2) is 7.89. The van der Waals surface area contributed by atoms with Crippen LogP contribution in [0.5, 0.6) is 11.5 Å². The minimum atomic E-state index is -3.54. The minimum absolute atomic E-state index is 0.0972. The third-order valence-corrected chi connectivity index (χ3v) is 4.84. The Hall–Kier alpha value is -2.74. The van der Waals surface area contributed by atoms with Crippen molar-refractivity contribution in [2.45, 2.75) is 6.42 Å². The van der Waals surface area contributed by atoms with Crippen LogP contribution in [-0.4, -0.2) is 34.3 Å². The Morgan fingerprint density at radius 3 is 2.24 bits per heavy atom. The molecule has 0 aliphatic heterocycles. The molecule has 2 rings (SSSR count). The molecule has 0 saturated carbocycles. The third-order valence-electron chi connectivity index (χ3n) is 3.55. The number of aryl methyl sites for hydroxylation is 1. The number of carbonyl (C=O) groups is 1. The number of carbonyl (C=O) groups excluding carboxylic acids is 1. The van der Waals surface area contributed by atoms with Gasteiger partial charge in [-0.3, -0.25) is 9.52 Å². The van der Waals surface area contributed by atoms with Gasteiger partial charge < -0.3 is 15.2 Å². The Bertz CT molecular complexity index is 848. The first-order valence-electron chi connectivity index (χ1n) is 7.46. The molecule has 0 spiro atoms. The van der Waals surface area contributed by atoms with E-state index in [2.05, 4.69) is 4.72 Å². The van der Waals surface area contributed by atoms with Crippen molar-refractivity contribution in [1.29, 1.82) is 0 Å². The number of nitrogens with two attached hydrogens (primary N) is 1. The standard InChI is InChI=1S/C17H20N2O5S/c1-23-15-8-3-12(11-16(15)24-2)9-10-25(21,22)19-14-6-4-13(5-7-14)17(18)20/h3-8,11,19H,9-10H2,1-2H3,(H2,18,20). The molecule has 7 nitrogen and oxygen atoms in total. The molecule has 2 aromatic carbocycles. The Balaban J connectivity index is 2.02. The number of primary amides is 1. The number of nitrogens with one attached hydrogen (secondary N) is 1. The predicted molar refractivity (Wildman–Crippen MR) is 95.6 cm³/mol. The number of methoxy groups -OCH3 is 2. The first-order valence-corrected chi connectivity index (χ1v) is 9.11. The molecular weight excluding hydrogens is 344 g/mol. The number of rotatable bonds is 8. The van der Waals surface area contributed by atoms with Crippen molar-refractivity contribution in [2.75, 3.05) is 24.7 Å². The van der Waals surface area contributed by atoms with Gasteiger partial charge in [0.15, 0.2) is 11.5 Å². The first kappa shape index (κ1) is 18.6.